The first-order valence-corrected chi connectivity index (χ1v) is 12.0. The molecule has 1 N–H and O–H groups in total. The summed E-state index contributed by atoms with van der Waals surface area (Å²) >= 11 is 6.00. The van der Waals surface area contributed by atoms with Crippen LogP contribution in [-0.4, -0.2) is 42.5 Å². The van der Waals surface area contributed by atoms with E-state index in [-0.39, 0.29) is 18.2 Å². The van der Waals surface area contributed by atoms with Crippen LogP contribution in [0.3, 0.4) is 0 Å². The summed E-state index contributed by atoms with van der Waals surface area (Å²) in [7, 11) is 0. The molecule has 0 saturated heterocycles. The van der Waals surface area contributed by atoms with Gasteiger partial charge in [-0.2, -0.15) is 0 Å². The molecule has 0 saturated carbocycles. The maximum absolute atomic E-state index is 13.3. The van der Waals surface area contributed by atoms with Gasteiger partial charge in [0, 0.05) is 24.5 Å². The molecule has 0 aliphatic carbocycles. The van der Waals surface area contributed by atoms with Gasteiger partial charge in [-0.25, -0.2) is 0 Å². The first kappa shape index (κ1) is 26.5. The van der Waals surface area contributed by atoms with Gasteiger partial charge in [0.1, 0.15) is 6.04 Å². The smallest absolute Gasteiger partial charge is 0.242 e. The molecular weight excluding hydrogens is 440 g/mol. The van der Waals surface area contributed by atoms with Gasteiger partial charge in [-0.1, -0.05) is 36.7 Å². The molecule has 2 amide bonds. The molecule has 0 radical (unpaired) electrons. The zero-order chi connectivity index (χ0) is 24.2. The highest BCUT2D eigenvalue weighted by molar-refractivity contribution is 6.30. The average molecular weight is 475 g/mol. The molecule has 0 aliphatic rings. The lowest BCUT2D eigenvalue weighted by molar-refractivity contribution is -0.140. The van der Waals surface area contributed by atoms with Crippen molar-refractivity contribution in [1.82, 2.24) is 10.2 Å². The van der Waals surface area contributed by atoms with Crippen molar-refractivity contribution in [2.75, 3.05) is 19.8 Å². The van der Waals surface area contributed by atoms with Gasteiger partial charge < -0.3 is 19.7 Å². The fraction of sp³-hybridized carbons (Fsp3) is 0.462. The van der Waals surface area contributed by atoms with Crippen LogP contribution < -0.4 is 14.8 Å². The highest BCUT2D eigenvalue weighted by atomic mass is 35.5. The van der Waals surface area contributed by atoms with Gasteiger partial charge in [-0.05, 0) is 69.0 Å². The SMILES string of the molecule is CCCNC(=O)[C@@H](C)N(Cc1ccc(Cl)cc1)C(=O)CCc1ccc(OCC)c(OCC)c1. The third kappa shape index (κ3) is 8.28. The summed E-state index contributed by atoms with van der Waals surface area (Å²) in [5, 5.41) is 3.52. The number of nitrogens with zero attached hydrogens (tertiary/aromatic N) is 1. The Morgan fingerprint density at radius 2 is 1.61 bits per heavy atom. The molecule has 0 aromatic heterocycles. The monoisotopic (exact) mass is 474 g/mol. The van der Waals surface area contributed by atoms with E-state index >= 15 is 0 Å². The number of halogens is 1. The zero-order valence-corrected chi connectivity index (χ0v) is 20.8. The van der Waals surface area contributed by atoms with Gasteiger partial charge >= 0.3 is 0 Å². The van der Waals surface area contributed by atoms with E-state index in [2.05, 4.69) is 5.32 Å². The van der Waals surface area contributed by atoms with E-state index in [0.717, 1.165) is 17.5 Å². The van der Waals surface area contributed by atoms with Crippen LogP contribution in [0, 0.1) is 0 Å². The summed E-state index contributed by atoms with van der Waals surface area (Å²) in [5.74, 6) is 1.13. The van der Waals surface area contributed by atoms with Gasteiger partial charge in [0.15, 0.2) is 11.5 Å². The predicted molar refractivity (Wildman–Crippen MR) is 132 cm³/mol. The summed E-state index contributed by atoms with van der Waals surface area (Å²) in [5.41, 5.74) is 1.90. The Kier molecular flexibility index (Phi) is 11.0. The molecule has 0 unspecified atom stereocenters. The second-order valence-corrected chi connectivity index (χ2v) is 8.20. The molecule has 0 aliphatic heterocycles. The molecule has 2 aromatic rings. The Morgan fingerprint density at radius 1 is 0.970 bits per heavy atom. The van der Waals surface area contributed by atoms with Crippen molar-refractivity contribution in [3.05, 3.63) is 58.6 Å². The number of aryl methyl sites for hydroxylation is 1. The van der Waals surface area contributed by atoms with Gasteiger partial charge in [0.05, 0.1) is 13.2 Å². The topological polar surface area (TPSA) is 67.9 Å². The first-order valence-electron chi connectivity index (χ1n) is 11.6. The second-order valence-electron chi connectivity index (χ2n) is 7.76. The molecule has 6 nitrogen and oxygen atoms in total. The molecule has 180 valence electrons. The lowest BCUT2D eigenvalue weighted by atomic mass is 10.1. The highest BCUT2D eigenvalue weighted by Crippen LogP contribution is 2.29. The molecule has 33 heavy (non-hydrogen) atoms. The highest BCUT2D eigenvalue weighted by Gasteiger charge is 2.25. The molecule has 0 fully saturated rings. The number of nitrogens with one attached hydrogen (secondary N) is 1. The van der Waals surface area contributed by atoms with E-state index in [1.54, 1.807) is 24.0 Å². The zero-order valence-electron chi connectivity index (χ0n) is 20.0. The van der Waals surface area contributed by atoms with Crippen molar-refractivity contribution < 1.29 is 19.1 Å². The van der Waals surface area contributed by atoms with E-state index in [0.29, 0.717) is 49.2 Å². The Hall–Kier alpha value is -2.73. The minimum Gasteiger partial charge on any atom is -0.490 e. The van der Waals surface area contributed by atoms with Gasteiger partial charge in [0.25, 0.3) is 0 Å². The largest absolute Gasteiger partial charge is 0.490 e. The average Bonchev–Trinajstić information content (AvgIpc) is 2.81. The second kappa shape index (κ2) is 13.7. The summed E-state index contributed by atoms with van der Waals surface area (Å²) in [4.78, 5) is 27.5. The van der Waals surface area contributed by atoms with Crippen LogP contribution in [0.1, 0.15) is 51.7 Å². The number of carbonyl (C=O) groups excluding carboxylic acids is 2. The van der Waals surface area contributed by atoms with E-state index in [9.17, 15) is 9.59 Å². The van der Waals surface area contributed by atoms with Crippen molar-refractivity contribution in [1.29, 1.82) is 0 Å². The number of benzene rings is 2. The summed E-state index contributed by atoms with van der Waals surface area (Å²) < 4.78 is 11.3. The number of carbonyl (C=O) groups is 2. The number of hydrogen-bond acceptors (Lipinski definition) is 4. The molecule has 0 heterocycles. The van der Waals surface area contributed by atoms with Crippen LogP contribution in [0.15, 0.2) is 42.5 Å². The van der Waals surface area contributed by atoms with Crippen molar-refractivity contribution in [2.45, 2.75) is 59.5 Å². The lowest BCUT2D eigenvalue weighted by Gasteiger charge is -2.29. The summed E-state index contributed by atoms with van der Waals surface area (Å²) in [6.07, 6.45) is 1.65. The number of hydrogen-bond donors (Lipinski definition) is 1. The van der Waals surface area contributed by atoms with E-state index in [1.807, 2.05) is 51.1 Å². The van der Waals surface area contributed by atoms with E-state index in [4.69, 9.17) is 21.1 Å². The van der Waals surface area contributed by atoms with Crippen LogP contribution in [0.2, 0.25) is 5.02 Å². The molecule has 7 heteroatoms. The van der Waals surface area contributed by atoms with Gasteiger partial charge in [0.2, 0.25) is 11.8 Å². The van der Waals surface area contributed by atoms with Gasteiger partial charge in [-0.3, -0.25) is 9.59 Å². The Bertz CT molecular complexity index is 902. The van der Waals surface area contributed by atoms with Crippen molar-refractivity contribution in [3.8, 4) is 11.5 Å². The maximum atomic E-state index is 13.3. The lowest BCUT2D eigenvalue weighted by Crippen LogP contribution is -2.47. The predicted octanol–water partition coefficient (Wildman–Crippen LogP) is 5.01. The normalized spacial score (nSPS) is 11.5. The van der Waals surface area contributed by atoms with Crippen molar-refractivity contribution in [2.24, 2.45) is 0 Å². The fourth-order valence-corrected chi connectivity index (χ4v) is 3.54. The van der Waals surface area contributed by atoms with E-state index < -0.39 is 6.04 Å². The molecular formula is C26H35ClN2O4. The molecule has 2 rings (SSSR count). The van der Waals surface area contributed by atoms with Crippen LogP contribution >= 0.6 is 11.6 Å². The molecule has 0 spiro atoms. The standard InChI is InChI=1S/C26H35ClN2O4/c1-5-16-28-26(31)19(4)29(18-21-8-12-22(27)13-9-21)25(30)15-11-20-10-14-23(32-6-2)24(17-20)33-7-3/h8-10,12-14,17,19H,5-7,11,15-16,18H2,1-4H3,(H,28,31)/t19-/m1/s1. The number of amides is 2. The molecule has 1 atom stereocenters. The Morgan fingerprint density at radius 3 is 2.24 bits per heavy atom. The van der Waals surface area contributed by atoms with Crippen molar-refractivity contribution in [3.63, 3.8) is 0 Å². The summed E-state index contributed by atoms with van der Waals surface area (Å²) in [6, 6.07) is 12.5. The summed E-state index contributed by atoms with van der Waals surface area (Å²) in [6.45, 7) is 9.61. The van der Waals surface area contributed by atoms with E-state index in [1.165, 1.54) is 0 Å². The minimum absolute atomic E-state index is 0.0871. The Labute approximate surface area is 202 Å². The van der Waals surface area contributed by atoms with Crippen molar-refractivity contribution >= 4 is 23.4 Å². The fourth-order valence-electron chi connectivity index (χ4n) is 3.41. The van der Waals surface area contributed by atoms with Gasteiger partial charge in [-0.15, -0.1) is 0 Å². The third-order valence-electron chi connectivity index (χ3n) is 5.22. The van der Waals surface area contributed by atoms with Crippen LogP contribution in [0.4, 0.5) is 0 Å². The third-order valence-corrected chi connectivity index (χ3v) is 5.47. The maximum Gasteiger partial charge on any atom is 0.242 e. The first-order chi connectivity index (χ1) is 15.9. The Balaban J connectivity index is 2.15. The molecule has 2 aromatic carbocycles. The van der Waals surface area contributed by atoms with Crippen LogP contribution in [-0.2, 0) is 22.6 Å². The van der Waals surface area contributed by atoms with Crippen LogP contribution in [0.25, 0.3) is 0 Å². The van der Waals surface area contributed by atoms with Crippen LogP contribution in [0.5, 0.6) is 11.5 Å². The number of ether oxygens (including phenoxy) is 2. The minimum atomic E-state index is -0.584. The molecule has 0 bridgehead atoms. The number of rotatable bonds is 13. The quantitative estimate of drug-likeness (QED) is 0.443.